The van der Waals surface area contributed by atoms with Crippen LogP contribution in [-0.2, 0) is 9.53 Å². The molecule has 0 radical (unpaired) electrons. The first kappa shape index (κ1) is 32.6. The first-order chi connectivity index (χ1) is 19.0. The van der Waals surface area contributed by atoms with Crippen LogP contribution in [0.4, 0.5) is 0 Å². The van der Waals surface area contributed by atoms with Gasteiger partial charge in [-0.2, -0.15) is 0 Å². The Balaban J connectivity index is 1.55. The minimum Gasteiger partial charge on any atom is -0.462 e. The number of hydrogen-bond donors (Lipinski definition) is 0. The molecule has 2 aromatic rings. The number of esters is 2. The van der Waals surface area contributed by atoms with E-state index >= 15 is 0 Å². The fourth-order valence-corrected chi connectivity index (χ4v) is 4.63. The van der Waals surface area contributed by atoms with Crippen LogP contribution in [0.25, 0.3) is 11.1 Å². The van der Waals surface area contributed by atoms with Gasteiger partial charge in [-0.25, -0.2) is 4.79 Å². The summed E-state index contributed by atoms with van der Waals surface area (Å²) in [6.45, 7) is 6.93. The fraction of sp³-hybridized carbons (Fsp3) is 0.600. The molecule has 2 rings (SSSR count). The van der Waals surface area contributed by atoms with Gasteiger partial charge in [-0.15, -0.1) is 0 Å². The van der Waals surface area contributed by atoms with Crippen molar-refractivity contribution < 1.29 is 19.1 Å². The van der Waals surface area contributed by atoms with Gasteiger partial charge >= 0.3 is 11.9 Å². The van der Waals surface area contributed by atoms with E-state index in [-0.39, 0.29) is 11.9 Å². The molecule has 4 nitrogen and oxygen atoms in total. The van der Waals surface area contributed by atoms with E-state index in [1.165, 1.54) is 77.0 Å². The number of hydrogen-bond acceptors (Lipinski definition) is 4. The number of carbonyl (C=O) groups is 2. The van der Waals surface area contributed by atoms with E-state index in [2.05, 4.69) is 20.8 Å². The molecule has 0 unspecified atom stereocenters. The van der Waals surface area contributed by atoms with Crippen molar-refractivity contribution in [1.82, 2.24) is 0 Å². The van der Waals surface area contributed by atoms with E-state index in [1.807, 2.05) is 36.4 Å². The molecule has 0 saturated carbocycles. The summed E-state index contributed by atoms with van der Waals surface area (Å²) >= 11 is 0. The van der Waals surface area contributed by atoms with E-state index in [0.29, 0.717) is 30.3 Å². The van der Waals surface area contributed by atoms with Gasteiger partial charge in [-0.3, -0.25) is 4.79 Å². The van der Waals surface area contributed by atoms with Crippen LogP contribution in [0.2, 0.25) is 0 Å². The smallest absolute Gasteiger partial charge is 0.338 e. The van der Waals surface area contributed by atoms with Crippen LogP contribution in [0.1, 0.15) is 134 Å². The van der Waals surface area contributed by atoms with Crippen molar-refractivity contribution in [3.8, 4) is 16.9 Å². The summed E-state index contributed by atoms with van der Waals surface area (Å²) in [5.41, 5.74) is 2.55. The lowest BCUT2D eigenvalue weighted by Crippen LogP contribution is -2.08. The Hall–Kier alpha value is -2.62. The molecular formula is C35H52O4. The lowest BCUT2D eigenvalue weighted by Gasteiger charge is -2.08. The third-order valence-corrected chi connectivity index (χ3v) is 7.20. The number of rotatable bonds is 21. The summed E-state index contributed by atoms with van der Waals surface area (Å²) in [5, 5.41) is 0. The summed E-state index contributed by atoms with van der Waals surface area (Å²) in [6.07, 6.45) is 19.6. The summed E-state index contributed by atoms with van der Waals surface area (Å²) in [4.78, 5) is 24.4. The Morgan fingerprint density at radius 1 is 0.641 bits per heavy atom. The molecule has 0 saturated heterocycles. The highest BCUT2D eigenvalue weighted by molar-refractivity contribution is 5.90. The Morgan fingerprint density at radius 3 is 1.59 bits per heavy atom. The lowest BCUT2D eigenvalue weighted by molar-refractivity contribution is -0.134. The standard InChI is InChI=1S/C35H52O4/c1-4-5-6-7-8-9-10-11-12-13-14-15-16-17-18-34(36)39-33-25-23-31(24-26-33)30-19-21-32(22-20-30)35(37)38-28-27-29(2)3/h19-26,29H,4-18,27-28H2,1-3H3. The first-order valence-corrected chi connectivity index (χ1v) is 15.6. The quantitative estimate of drug-likeness (QED) is 0.0904. The zero-order chi connectivity index (χ0) is 28.1. The predicted octanol–water partition coefficient (Wildman–Crippen LogP) is 10.3. The van der Waals surface area contributed by atoms with E-state index < -0.39 is 0 Å². The van der Waals surface area contributed by atoms with Crippen LogP contribution < -0.4 is 4.74 Å². The molecule has 0 bridgehead atoms. The molecule has 0 spiro atoms. The average molecular weight is 537 g/mol. The van der Waals surface area contributed by atoms with Crippen molar-refractivity contribution in [2.75, 3.05) is 6.61 Å². The van der Waals surface area contributed by atoms with Gasteiger partial charge in [0.25, 0.3) is 0 Å². The summed E-state index contributed by atoms with van der Waals surface area (Å²) < 4.78 is 10.9. The molecule has 0 heterocycles. The molecule has 0 aromatic heterocycles. The lowest BCUT2D eigenvalue weighted by atomic mass is 10.0. The highest BCUT2D eigenvalue weighted by Crippen LogP contribution is 2.24. The summed E-state index contributed by atoms with van der Waals surface area (Å²) in [6, 6.07) is 14.9. The highest BCUT2D eigenvalue weighted by atomic mass is 16.5. The van der Waals surface area contributed by atoms with Crippen molar-refractivity contribution in [1.29, 1.82) is 0 Å². The summed E-state index contributed by atoms with van der Waals surface area (Å²) in [5.74, 6) is 0.622. The molecule has 0 aliphatic rings. The van der Waals surface area contributed by atoms with Gasteiger partial charge in [-0.1, -0.05) is 129 Å². The topological polar surface area (TPSA) is 52.6 Å². The van der Waals surface area contributed by atoms with Gasteiger partial charge in [0, 0.05) is 6.42 Å². The normalized spacial score (nSPS) is 11.1. The van der Waals surface area contributed by atoms with Crippen molar-refractivity contribution in [3.63, 3.8) is 0 Å². The van der Waals surface area contributed by atoms with Gasteiger partial charge in [0.05, 0.1) is 12.2 Å². The number of benzene rings is 2. The second kappa shape index (κ2) is 20.3. The van der Waals surface area contributed by atoms with Crippen LogP contribution in [-0.4, -0.2) is 18.5 Å². The zero-order valence-electron chi connectivity index (χ0n) is 24.8. The van der Waals surface area contributed by atoms with Gasteiger partial charge < -0.3 is 9.47 Å². The highest BCUT2D eigenvalue weighted by Gasteiger charge is 2.09. The minimum absolute atomic E-state index is 0.165. The molecule has 0 aliphatic heterocycles. The third kappa shape index (κ3) is 14.9. The SMILES string of the molecule is CCCCCCCCCCCCCCCCC(=O)Oc1ccc(-c2ccc(C(=O)OCCC(C)C)cc2)cc1. The Kier molecular flexibility index (Phi) is 17.0. The van der Waals surface area contributed by atoms with E-state index in [9.17, 15) is 9.59 Å². The number of ether oxygens (including phenoxy) is 2. The zero-order valence-corrected chi connectivity index (χ0v) is 24.8. The molecule has 0 N–H and O–H groups in total. The number of carbonyl (C=O) groups excluding carboxylic acids is 2. The third-order valence-electron chi connectivity index (χ3n) is 7.20. The van der Waals surface area contributed by atoms with Crippen LogP contribution >= 0.6 is 0 Å². The largest absolute Gasteiger partial charge is 0.462 e. The Labute approximate surface area is 237 Å². The summed E-state index contributed by atoms with van der Waals surface area (Å²) in [7, 11) is 0. The predicted molar refractivity (Wildman–Crippen MR) is 162 cm³/mol. The average Bonchev–Trinajstić information content (AvgIpc) is 2.93. The van der Waals surface area contributed by atoms with Gasteiger partial charge in [0.2, 0.25) is 0 Å². The molecule has 2 aromatic carbocycles. The van der Waals surface area contributed by atoms with Crippen molar-refractivity contribution in [2.24, 2.45) is 5.92 Å². The van der Waals surface area contributed by atoms with Crippen molar-refractivity contribution in [3.05, 3.63) is 54.1 Å². The van der Waals surface area contributed by atoms with Crippen molar-refractivity contribution >= 4 is 11.9 Å². The molecule has 0 aliphatic carbocycles. The van der Waals surface area contributed by atoms with Gasteiger partial charge in [-0.05, 0) is 54.2 Å². The van der Waals surface area contributed by atoms with Crippen LogP contribution in [0.3, 0.4) is 0 Å². The Morgan fingerprint density at radius 2 is 1.10 bits per heavy atom. The fourth-order valence-electron chi connectivity index (χ4n) is 4.63. The molecule has 216 valence electrons. The molecule has 4 heteroatoms. The Bertz CT molecular complexity index is 915. The van der Waals surface area contributed by atoms with E-state index in [1.54, 1.807) is 12.1 Å². The monoisotopic (exact) mass is 536 g/mol. The van der Waals surface area contributed by atoms with Gasteiger partial charge in [0.15, 0.2) is 0 Å². The molecule has 0 atom stereocenters. The minimum atomic E-state index is -0.289. The molecule has 0 fully saturated rings. The van der Waals surface area contributed by atoms with E-state index in [4.69, 9.17) is 9.47 Å². The maximum atomic E-state index is 12.2. The van der Waals surface area contributed by atoms with Crippen LogP contribution in [0, 0.1) is 5.92 Å². The van der Waals surface area contributed by atoms with Crippen LogP contribution in [0.5, 0.6) is 5.75 Å². The maximum Gasteiger partial charge on any atom is 0.338 e. The number of unbranched alkanes of at least 4 members (excludes halogenated alkanes) is 13. The molecular weight excluding hydrogens is 484 g/mol. The maximum absolute atomic E-state index is 12.2. The second-order valence-electron chi connectivity index (χ2n) is 11.2. The van der Waals surface area contributed by atoms with Gasteiger partial charge in [0.1, 0.15) is 5.75 Å². The van der Waals surface area contributed by atoms with E-state index in [0.717, 1.165) is 30.4 Å². The first-order valence-electron chi connectivity index (χ1n) is 15.6. The molecule has 39 heavy (non-hydrogen) atoms. The second-order valence-corrected chi connectivity index (χ2v) is 11.2. The molecule has 0 amide bonds. The van der Waals surface area contributed by atoms with Crippen molar-refractivity contribution in [2.45, 2.75) is 124 Å². The van der Waals surface area contributed by atoms with Crippen LogP contribution in [0.15, 0.2) is 48.5 Å².